The van der Waals surface area contributed by atoms with Crippen LogP contribution in [0.4, 0.5) is 5.69 Å². The summed E-state index contributed by atoms with van der Waals surface area (Å²) >= 11 is 0. The highest BCUT2D eigenvalue weighted by Crippen LogP contribution is 2.21. The predicted octanol–water partition coefficient (Wildman–Crippen LogP) is 2.45. The molecule has 0 unspecified atom stereocenters. The number of amides is 1. The third-order valence-electron chi connectivity index (χ3n) is 2.79. The molecule has 1 rings (SSSR count). The summed E-state index contributed by atoms with van der Waals surface area (Å²) in [6.45, 7) is 3.90. The maximum atomic E-state index is 11.7. The lowest BCUT2D eigenvalue weighted by Gasteiger charge is -2.15. The van der Waals surface area contributed by atoms with Crippen molar-refractivity contribution < 1.29 is 9.90 Å². The Morgan fingerprint density at radius 1 is 1.33 bits per heavy atom. The summed E-state index contributed by atoms with van der Waals surface area (Å²) in [5.74, 6) is 0.0324. The summed E-state index contributed by atoms with van der Waals surface area (Å²) < 4.78 is 0. The number of phenolic OH excluding ortho intramolecular Hbond substituents is 1. The first-order valence-corrected chi connectivity index (χ1v) is 6.40. The van der Waals surface area contributed by atoms with E-state index in [0.29, 0.717) is 12.1 Å². The fourth-order valence-electron chi connectivity index (χ4n) is 1.62. The highest BCUT2D eigenvalue weighted by Gasteiger charge is 2.07. The largest absolute Gasteiger partial charge is 0.506 e. The number of nitrogens with zero attached hydrogens (tertiary/aromatic N) is 1. The van der Waals surface area contributed by atoms with Gasteiger partial charge < -0.3 is 15.3 Å². The zero-order valence-corrected chi connectivity index (χ0v) is 11.1. The molecule has 0 atom stereocenters. The minimum absolute atomic E-state index is 0.0696. The molecule has 0 bridgehead atoms. The molecule has 4 heteroatoms. The van der Waals surface area contributed by atoms with Crippen molar-refractivity contribution in [2.45, 2.75) is 26.2 Å². The lowest BCUT2D eigenvalue weighted by atomic mass is 10.2. The van der Waals surface area contributed by atoms with Crippen molar-refractivity contribution in [3.63, 3.8) is 0 Å². The maximum Gasteiger partial charge on any atom is 0.225 e. The molecule has 0 saturated heterocycles. The molecule has 1 aromatic rings. The van der Waals surface area contributed by atoms with E-state index in [1.54, 1.807) is 24.3 Å². The van der Waals surface area contributed by atoms with Gasteiger partial charge in [0.1, 0.15) is 5.75 Å². The number of nitrogens with one attached hydrogen (secondary N) is 1. The summed E-state index contributed by atoms with van der Waals surface area (Å²) in [6.07, 6.45) is 2.75. The number of phenols is 1. The van der Waals surface area contributed by atoms with Gasteiger partial charge in [0.15, 0.2) is 0 Å². The monoisotopic (exact) mass is 250 g/mol. The third-order valence-corrected chi connectivity index (χ3v) is 2.79. The molecule has 0 aliphatic carbocycles. The van der Waals surface area contributed by atoms with Gasteiger partial charge in [0.05, 0.1) is 5.69 Å². The number of hydrogen-bond donors (Lipinski definition) is 2. The fraction of sp³-hybridized carbons (Fsp3) is 0.500. The quantitative estimate of drug-likeness (QED) is 0.731. The van der Waals surface area contributed by atoms with E-state index < -0.39 is 0 Å². The summed E-state index contributed by atoms with van der Waals surface area (Å²) in [5, 5.41) is 12.2. The normalized spacial score (nSPS) is 10.6. The molecule has 0 saturated carbocycles. The van der Waals surface area contributed by atoms with Crippen LogP contribution in [0.2, 0.25) is 0 Å². The molecular weight excluding hydrogens is 228 g/mol. The zero-order valence-electron chi connectivity index (χ0n) is 11.1. The number of benzene rings is 1. The molecule has 1 amide bonds. The first-order chi connectivity index (χ1) is 8.63. The van der Waals surface area contributed by atoms with Crippen LogP contribution in [0.1, 0.15) is 26.2 Å². The topological polar surface area (TPSA) is 52.6 Å². The van der Waals surface area contributed by atoms with E-state index in [1.807, 2.05) is 7.05 Å². The Morgan fingerprint density at radius 2 is 2.06 bits per heavy atom. The van der Waals surface area contributed by atoms with Crippen LogP contribution in [0.3, 0.4) is 0 Å². The number of carbonyl (C=O) groups is 1. The smallest absolute Gasteiger partial charge is 0.225 e. The average Bonchev–Trinajstić information content (AvgIpc) is 2.36. The van der Waals surface area contributed by atoms with Crippen LogP contribution in [0.5, 0.6) is 5.75 Å². The van der Waals surface area contributed by atoms with Crippen molar-refractivity contribution >= 4 is 11.6 Å². The molecule has 0 heterocycles. The van der Waals surface area contributed by atoms with Gasteiger partial charge >= 0.3 is 0 Å². The van der Waals surface area contributed by atoms with Crippen molar-refractivity contribution in [1.29, 1.82) is 0 Å². The molecule has 100 valence electrons. The molecule has 18 heavy (non-hydrogen) atoms. The number of aromatic hydroxyl groups is 1. The number of hydrogen-bond acceptors (Lipinski definition) is 3. The van der Waals surface area contributed by atoms with E-state index in [0.717, 1.165) is 25.9 Å². The Labute approximate surface area is 109 Å². The number of anilines is 1. The molecule has 0 aliphatic rings. The third kappa shape index (κ3) is 5.19. The van der Waals surface area contributed by atoms with Crippen LogP contribution in [-0.2, 0) is 4.79 Å². The van der Waals surface area contributed by atoms with E-state index >= 15 is 0 Å². The Bertz CT molecular complexity index is 380. The number of unbranched alkanes of at least 4 members (excludes halogenated alkanes) is 1. The second-order valence-corrected chi connectivity index (χ2v) is 4.47. The highest BCUT2D eigenvalue weighted by molar-refractivity contribution is 5.92. The van der Waals surface area contributed by atoms with E-state index in [9.17, 15) is 9.90 Å². The Morgan fingerprint density at radius 3 is 2.72 bits per heavy atom. The van der Waals surface area contributed by atoms with Gasteiger partial charge in [-0.25, -0.2) is 0 Å². The minimum Gasteiger partial charge on any atom is -0.506 e. The standard InChI is InChI=1S/C14H22N2O2/c1-3-4-10-16(2)11-9-14(18)15-12-7-5-6-8-13(12)17/h5-8,17H,3-4,9-11H2,1-2H3,(H,15,18). The second-order valence-electron chi connectivity index (χ2n) is 4.47. The van der Waals surface area contributed by atoms with Crippen molar-refractivity contribution in [2.24, 2.45) is 0 Å². The first-order valence-electron chi connectivity index (χ1n) is 6.40. The van der Waals surface area contributed by atoms with Gasteiger partial charge in [0, 0.05) is 13.0 Å². The average molecular weight is 250 g/mol. The maximum absolute atomic E-state index is 11.7. The van der Waals surface area contributed by atoms with Gasteiger partial charge in [-0.2, -0.15) is 0 Å². The van der Waals surface area contributed by atoms with Gasteiger partial charge in [0.2, 0.25) is 5.91 Å². The summed E-state index contributed by atoms with van der Waals surface area (Å²) in [7, 11) is 2.02. The van der Waals surface area contributed by atoms with E-state index in [4.69, 9.17) is 0 Å². The molecule has 0 aliphatic heterocycles. The zero-order chi connectivity index (χ0) is 13.4. The second kappa shape index (κ2) is 7.71. The molecule has 0 spiro atoms. The van der Waals surface area contributed by atoms with Crippen LogP contribution in [0, 0.1) is 0 Å². The molecule has 4 nitrogen and oxygen atoms in total. The molecule has 2 N–H and O–H groups in total. The molecule has 0 radical (unpaired) electrons. The van der Waals surface area contributed by atoms with Crippen molar-refractivity contribution in [2.75, 3.05) is 25.5 Å². The lowest BCUT2D eigenvalue weighted by Crippen LogP contribution is -2.25. The van der Waals surface area contributed by atoms with E-state index in [-0.39, 0.29) is 11.7 Å². The summed E-state index contributed by atoms with van der Waals surface area (Å²) in [5.41, 5.74) is 0.471. The van der Waals surface area contributed by atoms with Gasteiger partial charge in [-0.15, -0.1) is 0 Å². The van der Waals surface area contributed by atoms with Gasteiger partial charge in [-0.3, -0.25) is 4.79 Å². The Kier molecular flexibility index (Phi) is 6.22. The molecule has 0 aromatic heterocycles. The number of rotatable bonds is 7. The van der Waals surface area contributed by atoms with Crippen LogP contribution >= 0.6 is 0 Å². The Balaban J connectivity index is 2.32. The number of carbonyl (C=O) groups excluding carboxylic acids is 1. The highest BCUT2D eigenvalue weighted by atomic mass is 16.3. The summed E-state index contributed by atoms with van der Waals surface area (Å²) in [6, 6.07) is 6.75. The lowest BCUT2D eigenvalue weighted by molar-refractivity contribution is -0.116. The molecule has 1 aromatic carbocycles. The predicted molar refractivity (Wildman–Crippen MR) is 73.8 cm³/mol. The minimum atomic E-state index is -0.0696. The fourth-order valence-corrected chi connectivity index (χ4v) is 1.62. The van der Waals surface area contributed by atoms with Crippen LogP contribution in [0.15, 0.2) is 24.3 Å². The van der Waals surface area contributed by atoms with E-state index in [1.165, 1.54) is 0 Å². The molecule has 0 fully saturated rings. The molecular formula is C14H22N2O2. The van der Waals surface area contributed by atoms with Crippen LogP contribution in [-0.4, -0.2) is 36.1 Å². The van der Waals surface area contributed by atoms with Gasteiger partial charge in [0.25, 0.3) is 0 Å². The van der Waals surface area contributed by atoms with Crippen molar-refractivity contribution in [3.05, 3.63) is 24.3 Å². The Hall–Kier alpha value is -1.55. The van der Waals surface area contributed by atoms with Crippen LogP contribution in [0.25, 0.3) is 0 Å². The van der Waals surface area contributed by atoms with E-state index in [2.05, 4.69) is 17.1 Å². The SMILES string of the molecule is CCCCN(C)CCC(=O)Nc1ccccc1O. The van der Waals surface area contributed by atoms with Crippen molar-refractivity contribution in [1.82, 2.24) is 4.90 Å². The van der Waals surface area contributed by atoms with Crippen molar-refractivity contribution in [3.8, 4) is 5.75 Å². The van der Waals surface area contributed by atoms with Gasteiger partial charge in [-0.05, 0) is 32.1 Å². The number of para-hydroxylation sites is 2. The summed E-state index contributed by atoms with van der Waals surface area (Å²) in [4.78, 5) is 13.8. The van der Waals surface area contributed by atoms with Gasteiger partial charge in [-0.1, -0.05) is 25.5 Å². The van der Waals surface area contributed by atoms with Crippen LogP contribution < -0.4 is 5.32 Å². The first kappa shape index (κ1) is 14.5.